The maximum absolute atomic E-state index is 5.68. The number of aromatic nitrogens is 1. The van der Waals surface area contributed by atoms with Gasteiger partial charge in [-0.2, -0.15) is 0 Å². The number of nitrogen functional groups attached to an aromatic ring is 1. The molecule has 1 aromatic rings. The number of nitrogens with two attached hydrogens (primary N) is 1. The van der Waals surface area contributed by atoms with E-state index in [4.69, 9.17) is 17.3 Å². The molecule has 0 radical (unpaired) electrons. The fraction of sp³-hybridized carbons (Fsp3) is 0.375. The van der Waals surface area contributed by atoms with E-state index in [1.54, 1.807) is 12.3 Å². The lowest BCUT2D eigenvalue weighted by molar-refractivity contribution is 0.827. The molecule has 2 nitrogen and oxygen atoms in total. The van der Waals surface area contributed by atoms with Crippen molar-refractivity contribution in [3.63, 3.8) is 0 Å². The molecule has 11 heavy (non-hydrogen) atoms. The summed E-state index contributed by atoms with van der Waals surface area (Å²) in [7, 11) is 0. The molecule has 1 heterocycles. The van der Waals surface area contributed by atoms with Crippen molar-refractivity contribution in [1.29, 1.82) is 0 Å². The molecule has 3 heteroatoms. The summed E-state index contributed by atoms with van der Waals surface area (Å²) in [6.45, 7) is 4.10. The van der Waals surface area contributed by atoms with Crippen LogP contribution in [0, 0.1) is 0 Å². The predicted octanol–water partition coefficient (Wildman–Crippen LogP) is 2.44. The van der Waals surface area contributed by atoms with Crippen LogP contribution in [0.4, 0.5) is 5.69 Å². The van der Waals surface area contributed by atoms with Crippen LogP contribution >= 0.6 is 11.6 Å². The molecule has 0 spiro atoms. The lowest BCUT2D eigenvalue weighted by Crippen LogP contribution is -1.99. The van der Waals surface area contributed by atoms with Gasteiger partial charge in [-0.15, -0.1) is 0 Å². The number of halogens is 1. The lowest BCUT2D eigenvalue weighted by Gasteiger charge is -2.06. The first-order valence-electron chi connectivity index (χ1n) is 3.52. The molecule has 0 fully saturated rings. The monoisotopic (exact) mass is 170 g/mol. The van der Waals surface area contributed by atoms with Crippen molar-refractivity contribution in [3.8, 4) is 0 Å². The largest absolute Gasteiger partial charge is 0.397 e. The van der Waals surface area contributed by atoms with Crippen molar-refractivity contribution < 1.29 is 0 Å². The Morgan fingerprint density at radius 3 is 2.64 bits per heavy atom. The summed E-state index contributed by atoms with van der Waals surface area (Å²) in [5, 5.41) is 0.590. The van der Waals surface area contributed by atoms with Gasteiger partial charge in [-0.05, 0) is 12.0 Å². The smallest absolute Gasteiger partial charge is 0.0659 e. The van der Waals surface area contributed by atoms with E-state index in [-0.39, 0.29) is 0 Å². The molecule has 0 amide bonds. The predicted molar refractivity (Wildman–Crippen MR) is 47.7 cm³/mol. The molecule has 1 rings (SSSR count). The van der Waals surface area contributed by atoms with Gasteiger partial charge >= 0.3 is 0 Å². The topological polar surface area (TPSA) is 38.9 Å². The van der Waals surface area contributed by atoms with Crippen molar-refractivity contribution in [1.82, 2.24) is 4.98 Å². The molecule has 0 aliphatic heterocycles. The van der Waals surface area contributed by atoms with E-state index in [2.05, 4.69) is 4.98 Å². The average Bonchev–Trinajstić information content (AvgIpc) is 1.85. The highest BCUT2D eigenvalue weighted by Gasteiger charge is 2.04. The van der Waals surface area contributed by atoms with Crippen LogP contribution in [-0.2, 0) is 0 Å². The third-order valence-electron chi connectivity index (χ3n) is 1.46. The summed E-state index contributed by atoms with van der Waals surface area (Å²) in [6, 6.07) is 1.73. The number of hydrogen-bond donors (Lipinski definition) is 1. The third kappa shape index (κ3) is 1.84. The van der Waals surface area contributed by atoms with Gasteiger partial charge in [0.25, 0.3) is 0 Å². The number of rotatable bonds is 1. The summed E-state index contributed by atoms with van der Waals surface area (Å²) in [6.07, 6.45) is 1.62. The molecule has 1 aromatic heterocycles. The van der Waals surface area contributed by atoms with Crippen LogP contribution in [0.2, 0.25) is 5.02 Å². The Morgan fingerprint density at radius 1 is 1.55 bits per heavy atom. The van der Waals surface area contributed by atoms with Crippen LogP contribution < -0.4 is 5.73 Å². The second-order valence-corrected chi connectivity index (χ2v) is 3.22. The molecular formula is C8H11ClN2. The van der Waals surface area contributed by atoms with E-state index in [1.807, 2.05) is 13.8 Å². The van der Waals surface area contributed by atoms with Gasteiger partial charge in [0.05, 0.1) is 16.4 Å². The summed E-state index contributed by atoms with van der Waals surface area (Å²) >= 11 is 5.68. The number of nitrogens with zero attached hydrogens (tertiary/aromatic N) is 1. The van der Waals surface area contributed by atoms with Gasteiger partial charge in [-0.1, -0.05) is 25.4 Å². The van der Waals surface area contributed by atoms with E-state index >= 15 is 0 Å². The van der Waals surface area contributed by atoms with E-state index in [1.165, 1.54) is 0 Å². The molecule has 0 aromatic carbocycles. The van der Waals surface area contributed by atoms with Crippen LogP contribution in [0.5, 0.6) is 0 Å². The minimum Gasteiger partial charge on any atom is -0.397 e. The van der Waals surface area contributed by atoms with Gasteiger partial charge in [0.1, 0.15) is 0 Å². The van der Waals surface area contributed by atoms with Crippen molar-refractivity contribution >= 4 is 17.3 Å². The minimum absolute atomic E-state index is 0.354. The number of hydrogen-bond acceptors (Lipinski definition) is 2. The van der Waals surface area contributed by atoms with Gasteiger partial charge < -0.3 is 5.73 Å². The Bertz CT molecular complexity index is 258. The Morgan fingerprint density at radius 2 is 2.18 bits per heavy atom. The van der Waals surface area contributed by atoms with Gasteiger partial charge in [0, 0.05) is 6.20 Å². The highest BCUT2D eigenvalue weighted by molar-refractivity contribution is 6.30. The molecule has 0 saturated heterocycles. The van der Waals surface area contributed by atoms with E-state index in [0.29, 0.717) is 16.6 Å². The van der Waals surface area contributed by atoms with Crippen LogP contribution in [0.25, 0.3) is 0 Å². The van der Waals surface area contributed by atoms with E-state index in [9.17, 15) is 0 Å². The summed E-state index contributed by atoms with van der Waals surface area (Å²) < 4.78 is 0. The highest BCUT2D eigenvalue weighted by atomic mass is 35.5. The second-order valence-electron chi connectivity index (χ2n) is 2.78. The Kier molecular flexibility index (Phi) is 2.35. The number of pyridine rings is 1. The summed E-state index contributed by atoms with van der Waals surface area (Å²) in [4.78, 5) is 4.12. The zero-order valence-electron chi connectivity index (χ0n) is 6.63. The second kappa shape index (κ2) is 3.09. The quantitative estimate of drug-likeness (QED) is 0.703. The Labute approximate surface area is 71.4 Å². The van der Waals surface area contributed by atoms with Crippen molar-refractivity contribution in [2.45, 2.75) is 19.8 Å². The first kappa shape index (κ1) is 8.34. The van der Waals surface area contributed by atoms with E-state index < -0.39 is 0 Å². The van der Waals surface area contributed by atoms with Crippen LogP contribution in [0.1, 0.15) is 25.5 Å². The van der Waals surface area contributed by atoms with Crippen molar-refractivity contribution in [2.24, 2.45) is 0 Å². The van der Waals surface area contributed by atoms with Crippen molar-refractivity contribution in [3.05, 3.63) is 23.0 Å². The molecule has 60 valence electrons. The fourth-order valence-electron chi connectivity index (χ4n) is 0.948. The number of anilines is 1. The zero-order valence-corrected chi connectivity index (χ0v) is 7.39. The highest BCUT2D eigenvalue weighted by Crippen LogP contribution is 2.21. The minimum atomic E-state index is 0.354. The normalized spacial score (nSPS) is 10.5. The SMILES string of the molecule is CC(C)c1ncc(Cl)cc1N. The van der Waals surface area contributed by atoms with Gasteiger partial charge in [-0.3, -0.25) is 4.98 Å². The molecule has 2 N–H and O–H groups in total. The molecule has 0 aliphatic carbocycles. The van der Waals surface area contributed by atoms with Gasteiger partial charge in [-0.25, -0.2) is 0 Å². The maximum atomic E-state index is 5.68. The van der Waals surface area contributed by atoms with Gasteiger partial charge in [0.2, 0.25) is 0 Å². The third-order valence-corrected chi connectivity index (χ3v) is 1.67. The molecule has 0 saturated carbocycles. The maximum Gasteiger partial charge on any atom is 0.0659 e. The van der Waals surface area contributed by atoms with E-state index in [0.717, 1.165) is 5.69 Å². The Balaban J connectivity index is 3.09. The Hall–Kier alpha value is -0.760. The van der Waals surface area contributed by atoms with Gasteiger partial charge in [0.15, 0.2) is 0 Å². The molecular weight excluding hydrogens is 160 g/mol. The molecule has 0 bridgehead atoms. The first-order chi connectivity index (χ1) is 5.11. The fourth-order valence-corrected chi connectivity index (χ4v) is 1.11. The average molecular weight is 171 g/mol. The van der Waals surface area contributed by atoms with Crippen molar-refractivity contribution in [2.75, 3.05) is 5.73 Å². The molecule has 0 unspecified atom stereocenters. The zero-order chi connectivity index (χ0) is 8.43. The molecule has 0 aliphatic rings. The standard InChI is InChI=1S/C8H11ClN2/c1-5(2)8-7(10)3-6(9)4-11-8/h3-5H,10H2,1-2H3. The molecule has 0 atom stereocenters. The van der Waals surface area contributed by atoms with Crippen LogP contribution in [-0.4, -0.2) is 4.98 Å². The summed E-state index contributed by atoms with van der Waals surface area (Å²) in [5.41, 5.74) is 7.26. The van der Waals surface area contributed by atoms with Crippen LogP contribution in [0.15, 0.2) is 12.3 Å². The first-order valence-corrected chi connectivity index (χ1v) is 3.90. The summed E-state index contributed by atoms with van der Waals surface area (Å²) in [5.74, 6) is 0.354. The lowest BCUT2D eigenvalue weighted by atomic mass is 10.1. The van der Waals surface area contributed by atoms with Crippen LogP contribution in [0.3, 0.4) is 0 Å².